The molecule has 2 bridgehead atoms. The lowest BCUT2D eigenvalue weighted by Crippen LogP contribution is -2.48. The Morgan fingerprint density at radius 1 is 1.20 bits per heavy atom. The first-order valence-corrected chi connectivity index (χ1v) is 9.14. The van der Waals surface area contributed by atoms with Crippen LogP contribution in [0.25, 0.3) is 11.2 Å². The Morgan fingerprint density at radius 2 is 1.88 bits per heavy atom. The average Bonchev–Trinajstić information content (AvgIpc) is 2.99. The van der Waals surface area contributed by atoms with Gasteiger partial charge in [-0.3, -0.25) is 0 Å². The van der Waals surface area contributed by atoms with Gasteiger partial charge in [-0.15, -0.1) is 0 Å². The van der Waals surface area contributed by atoms with E-state index in [1.165, 1.54) is 0 Å². The van der Waals surface area contributed by atoms with Crippen LogP contribution in [0.5, 0.6) is 0 Å². The third-order valence-corrected chi connectivity index (χ3v) is 5.30. The topological polar surface area (TPSA) is 60.2 Å². The fraction of sp³-hybridized carbons (Fsp3) is 0.632. The van der Waals surface area contributed by atoms with Crippen LogP contribution >= 0.6 is 0 Å². The summed E-state index contributed by atoms with van der Waals surface area (Å²) in [6, 6.07) is 4.78. The predicted molar refractivity (Wildman–Crippen MR) is 95.4 cm³/mol. The summed E-state index contributed by atoms with van der Waals surface area (Å²) in [6.45, 7) is 7.81. The van der Waals surface area contributed by atoms with Crippen LogP contribution in [0.2, 0.25) is 0 Å². The molecule has 2 fully saturated rings. The van der Waals surface area contributed by atoms with Crippen LogP contribution in [0.15, 0.2) is 18.3 Å². The van der Waals surface area contributed by atoms with Crippen molar-refractivity contribution in [3.05, 3.63) is 24.2 Å². The molecule has 2 aromatic heterocycles. The number of hydrogen-bond donors (Lipinski definition) is 0. The van der Waals surface area contributed by atoms with E-state index in [1.807, 2.05) is 50.9 Å². The van der Waals surface area contributed by atoms with Gasteiger partial charge >= 0.3 is 6.09 Å². The molecule has 2 aromatic rings. The van der Waals surface area contributed by atoms with Crippen molar-refractivity contribution < 1.29 is 9.53 Å². The predicted octanol–water partition coefficient (Wildman–Crippen LogP) is 3.84. The fourth-order valence-electron chi connectivity index (χ4n) is 4.45. The number of aryl methyl sites for hydroxylation is 1. The summed E-state index contributed by atoms with van der Waals surface area (Å²) in [5, 5.41) is 0. The van der Waals surface area contributed by atoms with E-state index >= 15 is 0 Å². The van der Waals surface area contributed by atoms with Gasteiger partial charge in [0.2, 0.25) is 0 Å². The molecule has 0 radical (unpaired) electrons. The zero-order valence-corrected chi connectivity index (χ0v) is 15.4. The summed E-state index contributed by atoms with van der Waals surface area (Å²) in [5.41, 5.74) is 1.45. The summed E-state index contributed by atoms with van der Waals surface area (Å²) in [6.07, 6.45) is 5.66. The molecule has 0 spiro atoms. The maximum atomic E-state index is 12.6. The first-order valence-electron chi connectivity index (χ1n) is 9.14. The molecular weight excluding hydrogens is 316 g/mol. The number of hydrogen-bond acceptors (Lipinski definition) is 4. The number of fused-ring (bicyclic) bond motifs is 3. The number of ether oxygens (including phenoxy) is 1. The summed E-state index contributed by atoms with van der Waals surface area (Å²) in [7, 11) is 0. The minimum absolute atomic E-state index is 0.163. The van der Waals surface area contributed by atoms with E-state index in [0.29, 0.717) is 6.04 Å². The van der Waals surface area contributed by atoms with Gasteiger partial charge in [-0.1, -0.05) is 0 Å². The van der Waals surface area contributed by atoms with Gasteiger partial charge < -0.3 is 14.2 Å². The molecule has 4 heterocycles. The first-order chi connectivity index (χ1) is 11.8. The van der Waals surface area contributed by atoms with Crippen LogP contribution in [0.1, 0.15) is 58.3 Å². The molecule has 4 rings (SSSR count). The Bertz CT molecular complexity index is 793. The number of imidazole rings is 1. The second-order valence-electron chi connectivity index (χ2n) is 8.27. The van der Waals surface area contributed by atoms with Crippen molar-refractivity contribution >= 4 is 17.3 Å². The number of carbonyl (C=O) groups excluding carboxylic acids is 1. The van der Waals surface area contributed by atoms with Crippen LogP contribution in [0.3, 0.4) is 0 Å². The summed E-state index contributed by atoms with van der Waals surface area (Å²) in [5.74, 6) is 1.00. The molecule has 6 heteroatoms. The molecule has 0 aliphatic carbocycles. The highest BCUT2D eigenvalue weighted by Gasteiger charge is 2.45. The van der Waals surface area contributed by atoms with Crippen LogP contribution in [0, 0.1) is 6.92 Å². The number of nitrogens with zero attached hydrogens (tertiary/aromatic N) is 4. The van der Waals surface area contributed by atoms with Crippen molar-refractivity contribution in [1.29, 1.82) is 0 Å². The third kappa shape index (κ3) is 2.87. The minimum Gasteiger partial charge on any atom is -0.444 e. The fourth-order valence-corrected chi connectivity index (χ4v) is 4.45. The number of aromatic nitrogens is 3. The minimum atomic E-state index is -0.450. The smallest absolute Gasteiger partial charge is 0.410 e. The van der Waals surface area contributed by atoms with Gasteiger partial charge in [-0.25, -0.2) is 14.8 Å². The van der Waals surface area contributed by atoms with Crippen molar-refractivity contribution in [2.45, 2.75) is 77.1 Å². The van der Waals surface area contributed by atoms with Gasteiger partial charge in [-0.05, 0) is 65.5 Å². The summed E-state index contributed by atoms with van der Waals surface area (Å²) >= 11 is 0. The molecule has 6 nitrogen and oxygen atoms in total. The van der Waals surface area contributed by atoms with Gasteiger partial charge in [0.15, 0.2) is 5.65 Å². The van der Waals surface area contributed by atoms with E-state index in [4.69, 9.17) is 4.74 Å². The third-order valence-electron chi connectivity index (χ3n) is 5.30. The largest absolute Gasteiger partial charge is 0.444 e. The van der Waals surface area contributed by atoms with E-state index < -0.39 is 5.60 Å². The molecule has 0 aromatic carbocycles. The highest BCUT2D eigenvalue weighted by molar-refractivity contribution is 5.72. The second kappa shape index (κ2) is 5.71. The van der Waals surface area contributed by atoms with Crippen LogP contribution in [-0.2, 0) is 4.74 Å². The Morgan fingerprint density at radius 3 is 2.52 bits per heavy atom. The van der Waals surface area contributed by atoms with Crippen LogP contribution in [0.4, 0.5) is 4.79 Å². The van der Waals surface area contributed by atoms with E-state index in [-0.39, 0.29) is 18.2 Å². The van der Waals surface area contributed by atoms with Crippen molar-refractivity contribution in [3.8, 4) is 0 Å². The first kappa shape index (κ1) is 16.4. The average molecular weight is 342 g/mol. The molecular formula is C19H26N4O2. The van der Waals surface area contributed by atoms with Gasteiger partial charge in [0.1, 0.15) is 16.9 Å². The van der Waals surface area contributed by atoms with Gasteiger partial charge in [-0.2, -0.15) is 0 Å². The van der Waals surface area contributed by atoms with Crippen LogP contribution < -0.4 is 0 Å². The molecule has 2 aliphatic rings. The van der Waals surface area contributed by atoms with Crippen molar-refractivity contribution in [2.24, 2.45) is 0 Å². The van der Waals surface area contributed by atoms with Crippen LogP contribution in [-0.4, -0.2) is 43.2 Å². The molecule has 1 amide bonds. The normalized spacial score (nSPS) is 26.2. The Kier molecular flexibility index (Phi) is 3.74. The molecule has 0 saturated carbocycles. The molecule has 0 unspecified atom stereocenters. The number of carbonyl (C=O) groups is 1. The Balaban J connectivity index is 1.59. The Hall–Kier alpha value is -2.11. The second-order valence-corrected chi connectivity index (χ2v) is 8.27. The van der Waals surface area contributed by atoms with Gasteiger partial charge in [0.05, 0.1) is 0 Å². The SMILES string of the molecule is Cc1nc2cccnc2n1[C@H]1C[C@H]2CC[C@@H](C1)N2C(=O)OC(C)(C)C. The maximum Gasteiger partial charge on any atom is 0.410 e. The number of rotatable bonds is 1. The molecule has 3 atom stereocenters. The number of pyridine rings is 1. The monoisotopic (exact) mass is 342 g/mol. The van der Waals surface area contributed by atoms with Gasteiger partial charge in [0.25, 0.3) is 0 Å². The zero-order valence-electron chi connectivity index (χ0n) is 15.4. The van der Waals surface area contributed by atoms with E-state index in [1.54, 1.807) is 0 Å². The quantitative estimate of drug-likeness (QED) is 0.790. The van der Waals surface area contributed by atoms with E-state index in [2.05, 4.69) is 14.5 Å². The summed E-state index contributed by atoms with van der Waals surface area (Å²) < 4.78 is 7.90. The lowest BCUT2D eigenvalue weighted by Gasteiger charge is -2.40. The lowest BCUT2D eigenvalue weighted by molar-refractivity contribution is 0.00305. The van der Waals surface area contributed by atoms with Crippen molar-refractivity contribution in [2.75, 3.05) is 0 Å². The summed E-state index contributed by atoms with van der Waals surface area (Å²) in [4.78, 5) is 23.8. The standard InChI is InChI=1S/C19H26N4O2/c1-12-21-16-6-5-9-20-17(16)22(12)15-10-13-7-8-14(11-15)23(13)18(24)25-19(2,3)4/h5-6,9,13-15H,7-8,10-11H2,1-4H3/t13-,14+,15+. The molecule has 134 valence electrons. The van der Waals surface area contributed by atoms with Crippen molar-refractivity contribution in [3.63, 3.8) is 0 Å². The molecule has 2 aliphatic heterocycles. The molecule has 2 saturated heterocycles. The zero-order chi connectivity index (χ0) is 17.8. The highest BCUT2D eigenvalue weighted by Crippen LogP contribution is 2.42. The highest BCUT2D eigenvalue weighted by atomic mass is 16.6. The lowest BCUT2D eigenvalue weighted by atomic mass is 9.97. The Labute approximate surface area is 148 Å². The molecule has 25 heavy (non-hydrogen) atoms. The van der Waals surface area contributed by atoms with E-state index in [0.717, 1.165) is 42.7 Å². The van der Waals surface area contributed by atoms with Gasteiger partial charge in [0, 0.05) is 24.3 Å². The van der Waals surface area contributed by atoms with E-state index in [9.17, 15) is 4.79 Å². The number of piperidine rings is 1. The maximum absolute atomic E-state index is 12.6. The molecule has 0 N–H and O–H groups in total. The number of amides is 1. The van der Waals surface area contributed by atoms with Crippen molar-refractivity contribution in [1.82, 2.24) is 19.4 Å².